The summed E-state index contributed by atoms with van der Waals surface area (Å²) in [6.07, 6.45) is 0.784. The highest BCUT2D eigenvalue weighted by Crippen LogP contribution is 2.12. The molecule has 1 N–H and O–H groups in total. The molecule has 0 saturated heterocycles. The van der Waals surface area contributed by atoms with Crippen LogP contribution in [0.1, 0.15) is 22.8 Å². The van der Waals surface area contributed by atoms with Crippen molar-refractivity contribution in [3.63, 3.8) is 0 Å². The van der Waals surface area contributed by atoms with Gasteiger partial charge in [0.2, 0.25) is 10.0 Å². The van der Waals surface area contributed by atoms with E-state index in [9.17, 15) is 13.2 Å². The van der Waals surface area contributed by atoms with Crippen molar-refractivity contribution in [2.75, 3.05) is 20.1 Å². The maximum absolute atomic E-state index is 12.6. The van der Waals surface area contributed by atoms with Crippen LogP contribution in [0.15, 0.2) is 59.5 Å². The minimum absolute atomic E-state index is 0.0955. The number of rotatable bonds is 7. The van der Waals surface area contributed by atoms with Gasteiger partial charge in [0.1, 0.15) is 0 Å². The van der Waals surface area contributed by atoms with Crippen LogP contribution in [0.25, 0.3) is 0 Å². The Balaban J connectivity index is 2.08. The van der Waals surface area contributed by atoms with Crippen molar-refractivity contribution in [2.45, 2.75) is 18.2 Å². The second-order valence-corrected chi connectivity index (χ2v) is 7.24. The lowest BCUT2D eigenvalue weighted by Crippen LogP contribution is -2.32. The summed E-state index contributed by atoms with van der Waals surface area (Å²) in [6, 6.07) is 16.0. The van der Waals surface area contributed by atoms with Gasteiger partial charge in [-0.1, -0.05) is 30.3 Å². The lowest BCUT2D eigenvalue weighted by Gasteiger charge is -2.21. The zero-order chi connectivity index (χ0) is 17.6. The maximum atomic E-state index is 12.6. The van der Waals surface area contributed by atoms with Gasteiger partial charge in [0.25, 0.3) is 5.91 Å². The largest absolute Gasteiger partial charge is 0.339 e. The number of nitrogens with one attached hydrogen (secondary N) is 1. The van der Waals surface area contributed by atoms with E-state index in [2.05, 4.69) is 4.72 Å². The molecule has 1 amide bonds. The summed E-state index contributed by atoms with van der Waals surface area (Å²) < 4.78 is 25.7. The van der Waals surface area contributed by atoms with Crippen molar-refractivity contribution in [3.05, 3.63) is 65.7 Å². The molecule has 5 nitrogen and oxygen atoms in total. The van der Waals surface area contributed by atoms with E-state index in [0.717, 1.165) is 6.42 Å². The molecule has 0 aliphatic heterocycles. The first-order valence-corrected chi connectivity index (χ1v) is 9.33. The molecule has 24 heavy (non-hydrogen) atoms. The predicted molar refractivity (Wildman–Crippen MR) is 94.4 cm³/mol. The number of benzene rings is 2. The number of carbonyl (C=O) groups excluding carboxylic acids is 1. The Kier molecular flexibility index (Phi) is 6.11. The van der Waals surface area contributed by atoms with Gasteiger partial charge in [-0.2, -0.15) is 0 Å². The van der Waals surface area contributed by atoms with Gasteiger partial charge in [-0.05, 0) is 50.2 Å². The van der Waals surface area contributed by atoms with Crippen molar-refractivity contribution in [1.82, 2.24) is 9.62 Å². The topological polar surface area (TPSA) is 66.5 Å². The number of sulfonamides is 1. The summed E-state index contributed by atoms with van der Waals surface area (Å²) in [7, 11) is -2.13. The fraction of sp³-hybridized carbons (Fsp3) is 0.278. The zero-order valence-electron chi connectivity index (χ0n) is 13.9. The van der Waals surface area contributed by atoms with Crippen LogP contribution in [-0.2, 0) is 16.4 Å². The molecule has 0 bridgehead atoms. The molecule has 2 aromatic carbocycles. The van der Waals surface area contributed by atoms with E-state index in [-0.39, 0.29) is 10.8 Å². The highest BCUT2D eigenvalue weighted by atomic mass is 32.2. The molecule has 0 heterocycles. The van der Waals surface area contributed by atoms with Crippen LogP contribution < -0.4 is 4.72 Å². The molecule has 2 rings (SSSR count). The first-order valence-electron chi connectivity index (χ1n) is 7.84. The number of hydrogen-bond acceptors (Lipinski definition) is 3. The number of amides is 1. The Morgan fingerprint density at radius 3 is 2.21 bits per heavy atom. The van der Waals surface area contributed by atoms with E-state index in [1.54, 1.807) is 17.0 Å². The lowest BCUT2D eigenvalue weighted by molar-refractivity contribution is 0.0766. The minimum Gasteiger partial charge on any atom is -0.339 e. The number of carbonyl (C=O) groups is 1. The summed E-state index contributed by atoms with van der Waals surface area (Å²) in [6.45, 7) is 3.15. The molecule has 0 fully saturated rings. The van der Waals surface area contributed by atoms with Crippen molar-refractivity contribution in [3.8, 4) is 0 Å². The van der Waals surface area contributed by atoms with Crippen molar-refractivity contribution in [1.29, 1.82) is 0 Å². The molecule has 2 aromatic rings. The van der Waals surface area contributed by atoms with Crippen LogP contribution >= 0.6 is 0 Å². The smallest absolute Gasteiger partial charge is 0.253 e. The van der Waals surface area contributed by atoms with Gasteiger partial charge in [0.15, 0.2) is 0 Å². The van der Waals surface area contributed by atoms with Crippen LogP contribution in [-0.4, -0.2) is 39.4 Å². The molecule has 6 heteroatoms. The number of hydrogen-bond donors (Lipinski definition) is 1. The fourth-order valence-electron chi connectivity index (χ4n) is 2.39. The molecule has 0 spiro atoms. The van der Waals surface area contributed by atoms with E-state index >= 15 is 0 Å². The van der Waals surface area contributed by atoms with Crippen LogP contribution in [0.2, 0.25) is 0 Å². The second-order valence-electron chi connectivity index (χ2n) is 5.35. The Labute approximate surface area is 143 Å². The van der Waals surface area contributed by atoms with E-state index in [0.29, 0.717) is 18.7 Å². The van der Waals surface area contributed by atoms with Gasteiger partial charge in [-0.15, -0.1) is 0 Å². The van der Waals surface area contributed by atoms with E-state index in [1.165, 1.54) is 24.7 Å². The van der Waals surface area contributed by atoms with Gasteiger partial charge < -0.3 is 4.90 Å². The second kappa shape index (κ2) is 8.08. The molecule has 0 aliphatic rings. The monoisotopic (exact) mass is 346 g/mol. The Hall–Kier alpha value is -2.18. The average molecular weight is 346 g/mol. The average Bonchev–Trinajstić information content (AvgIpc) is 2.63. The Morgan fingerprint density at radius 1 is 1.04 bits per heavy atom. The standard InChI is InChI=1S/C18H22N2O3S/c1-3-20(14-13-15-7-5-4-6-8-15)18(21)16-9-11-17(12-10-16)24(22,23)19-2/h4-12,19H,3,13-14H2,1-2H3. The molecule has 0 unspecified atom stereocenters. The third-order valence-electron chi connectivity index (χ3n) is 3.86. The summed E-state index contributed by atoms with van der Waals surface area (Å²) in [5.74, 6) is -0.0955. The Bertz CT molecular complexity index is 772. The van der Waals surface area contributed by atoms with Crippen LogP contribution in [0.4, 0.5) is 0 Å². The van der Waals surface area contributed by atoms with E-state index in [4.69, 9.17) is 0 Å². The number of nitrogens with zero attached hydrogens (tertiary/aromatic N) is 1. The first kappa shape index (κ1) is 18.2. The summed E-state index contributed by atoms with van der Waals surface area (Å²) in [5.41, 5.74) is 1.67. The van der Waals surface area contributed by atoms with Gasteiger partial charge >= 0.3 is 0 Å². The van der Waals surface area contributed by atoms with Gasteiger partial charge in [0.05, 0.1) is 4.90 Å². The molecule has 128 valence electrons. The van der Waals surface area contributed by atoms with Crippen molar-refractivity contribution < 1.29 is 13.2 Å². The molecular formula is C18H22N2O3S. The molecule has 0 aliphatic carbocycles. The number of likely N-dealkylation sites (N-methyl/N-ethyl adjacent to an activating group) is 1. The Morgan fingerprint density at radius 2 is 1.67 bits per heavy atom. The zero-order valence-corrected chi connectivity index (χ0v) is 14.7. The molecule has 0 aromatic heterocycles. The van der Waals surface area contributed by atoms with E-state index < -0.39 is 10.0 Å². The van der Waals surface area contributed by atoms with Gasteiger partial charge in [-0.25, -0.2) is 13.1 Å². The molecule has 0 radical (unpaired) electrons. The molecule has 0 saturated carbocycles. The first-order chi connectivity index (χ1) is 11.5. The van der Waals surface area contributed by atoms with Crippen LogP contribution in [0.3, 0.4) is 0 Å². The third-order valence-corrected chi connectivity index (χ3v) is 5.29. The fourth-order valence-corrected chi connectivity index (χ4v) is 3.12. The normalized spacial score (nSPS) is 11.2. The van der Waals surface area contributed by atoms with Crippen molar-refractivity contribution >= 4 is 15.9 Å². The van der Waals surface area contributed by atoms with Gasteiger partial charge in [0, 0.05) is 18.7 Å². The maximum Gasteiger partial charge on any atom is 0.253 e. The molecule has 0 atom stereocenters. The predicted octanol–water partition coefficient (Wildman–Crippen LogP) is 2.30. The highest BCUT2D eigenvalue weighted by molar-refractivity contribution is 7.89. The van der Waals surface area contributed by atoms with Gasteiger partial charge in [-0.3, -0.25) is 4.79 Å². The van der Waals surface area contributed by atoms with Crippen LogP contribution in [0, 0.1) is 0 Å². The quantitative estimate of drug-likeness (QED) is 0.836. The van der Waals surface area contributed by atoms with Crippen LogP contribution in [0.5, 0.6) is 0 Å². The summed E-state index contributed by atoms with van der Waals surface area (Å²) in [5, 5.41) is 0. The highest BCUT2D eigenvalue weighted by Gasteiger charge is 2.16. The SMILES string of the molecule is CCN(CCc1ccccc1)C(=O)c1ccc(S(=O)(=O)NC)cc1. The summed E-state index contributed by atoms with van der Waals surface area (Å²) >= 11 is 0. The van der Waals surface area contributed by atoms with Crippen molar-refractivity contribution in [2.24, 2.45) is 0 Å². The van der Waals surface area contributed by atoms with E-state index in [1.807, 2.05) is 37.3 Å². The third kappa shape index (κ3) is 4.43. The minimum atomic E-state index is -3.49. The lowest BCUT2D eigenvalue weighted by atomic mass is 10.1. The summed E-state index contributed by atoms with van der Waals surface area (Å²) in [4.78, 5) is 14.5. The molecular weight excluding hydrogens is 324 g/mol.